The third-order valence-corrected chi connectivity index (χ3v) is 10.8. The lowest BCUT2D eigenvalue weighted by Crippen LogP contribution is -2.35. The van der Waals surface area contributed by atoms with Crippen LogP contribution in [0.2, 0.25) is 5.02 Å². The molecule has 2 aromatic carbocycles. The summed E-state index contributed by atoms with van der Waals surface area (Å²) in [5.74, 6) is -1.17. The van der Waals surface area contributed by atoms with E-state index >= 15 is 0 Å². The number of hydrogen-bond acceptors (Lipinski definition) is 9. The Morgan fingerprint density at radius 1 is 1.18 bits per heavy atom. The summed E-state index contributed by atoms with van der Waals surface area (Å²) in [7, 11) is -4.11. The Balaban J connectivity index is 1.37. The van der Waals surface area contributed by atoms with Crippen LogP contribution in [0.4, 0.5) is 0 Å². The molecule has 3 aromatic rings. The quantitative estimate of drug-likeness (QED) is 0.194. The fourth-order valence-corrected chi connectivity index (χ4v) is 7.66. The van der Waals surface area contributed by atoms with E-state index in [9.17, 15) is 24.1 Å². The Morgan fingerprint density at radius 2 is 1.89 bits per heavy atom. The summed E-state index contributed by atoms with van der Waals surface area (Å²) >= 11 is 6.39. The lowest BCUT2D eigenvalue weighted by Gasteiger charge is -2.26. The van der Waals surface area contributed by atoms with Crippen LogP contribution in [0.15, 0.2) is 64.3 Å². The Hall–Kier alpha value is -3.21. The van der Waals surface area contributed by atoms with Crippen molar-refractivity contribution in [3.63, 3.8) is 0 Å². The number of halogens is 1. The zero-order chi connectivity index (χ0) is 32.5. The highest BCUT2D eigenvalue weighted by Crippen LogP contribution is 2.63. The van der Waals surface area contributed by atoms with Gasteiger partial charge in [-0.05, 0) is 54.5 Å². The summed E-state index contributed by atoms with van der Waals surface area (Å²) in [5, 5.41) is 11.8. The minimum atomic E-state index is -4.11. The van der Waals surface area contributed by atoms with Crippen molar-refractivity contribution in [2.45, 2.75) is 71.5 Å². The Bertz CT molecular complexity index is 1700. The number of aromatic nitrogens is 2. The van der Waals surface area contributed by atoms with Gasteiger partial charge in [-0.25, -0.2) is 9.36 Å². The van der Waals surface area contributed by atoms with E-state index in [1.165, 1.54) is 16.8 Å². The number of aliphatic hydroxyl groups excluding tert-OH is 1. The Labute approximate surface area is 266 Å². The van der Waals surface area contributed by atoms with E-state index in [0.717, 1.165) is 5.56 Å². The number of carbonyl (C=O) groups excluding carboxylic acids is 1. The molecule has 1 saturated heterocycles. The highest BCUT2D eigenvalue weighted by Gasteiger charge is 2.64. The summed E-state index contributed by atoms with van der Waals surface area (Å²) in [5.41, 5.74) is 0.256. The zero-order valence-electron chi connectivity index (χ0n) is 25.6. The SMILES string of the molecule is Cc1cc(OP(=O)(C[C@@H](C)C(=O)OCc2ccccc2)OC[C@H]2O[C@@H](n3ccc(=O)[nH]c3=O)C3(CC3)[C@@H]2O)c(C(C)C)cc1Cl. The normalized spacial score (nSPS) is 22.2. The number of benzene rings is 2. The van der Waals surface area contributed by atoms with Crippen LogP contribution in [0.25, 0.3) is 0 Å². The van der Waals surface area contributed by atoms with Gasteiger partial charge in [0.2, 0.25) is 0 Å². The van der Waals surface area contributed by atoms with E-state index in [-0.39, 0.29) is 25.3 Å². The molecule has 0 bridgehead atoms. The molecule has 5 atom stereocenters. The summed E-state index contributed by atoms with van der Waals surface area (Å²) < 4.78 is 39.5. The van der Waals surface area contributed by atoms with Gasteiger partial charge in [-0.2, -0.15) is 0 Å². The molecular weight excluding hydrogens is 623 g/mol. The predicted molar refractivity (Wildman–Crippen MR) is 168 cm³/mol. The van der Waals surface area contributed by atoms with Gasteiger partial charge >= 0.3 is 19.3 Å². The largest absolute Gasteiger partial charge is 0.461 e. The number of hydrogen-bond donors (Lipinski definition) is 2. The molecule has 1 saturated carbocycles. The second-order valence-electron chi connectivity index (χ2n) is 12.2. The Kier molecular flexibility index (Phi) is 9.77. The second kappa shape index (κ2) is 13.3. The van der Waals surface area contributed by atoms with Gasteiger partial charge < -0.3 is 19.1 Å². The van der Waals surface area contributed by atoms with Crippen LogP contribution >= 0.6 is 19.2 Å². The number of aryl methyl sites for hydroxylation is 1. The molecule has 1 aliphatic carbocycles. The van der Waals surface area contributed by atoms with Crippen LogP contribution in [0.5, 0.6) is 5.75 Å². The smallest absolute Gasteiger partial charge is 0.380 e. The van der Waals surface area contributed by atoms with Crippen LogP contribution in [-0.4, -0.2) is 45.6 Å². The molecule has 1 aromatic heterocycles. The molecule has 2 aliphatic rings. The van der Waals surface area contributed by atoms with Gasteiger partial charge in [0, 0.05) is 22.7 Å². The summed E-state index contributed by atoms with van der Waals surface area (Å²) in [4.78, 5) is 39.4. The van der Waals surface area contributed by atoms with Crippen LogP contribution in [0, 0.1) is 18.3 Å². The molecule has 1 aliphatic heterocycles. The van der Waals surface area contributed by atoms with E-state index in [4.69, 9.17) is 30.1 Å². The molecule has 1 unspecified atom stereocenters. The van der Waals surface area contributed by atoms with Crippen LogP contribution in [-0.2, 0) is 30.0 Å². The lowest BCUT2D eigenvalue weighted by atomic mass is 9.96. The third-order valence-electron chi connectivity index (χ3n) is 8.38. The van der Waals surface area contributed by atoms with Crippen LogP contribution in [0.3, 0.4) is 0 Å². The molecule has 1 spiro atoms. The highest BCUT2D eigenvalue weighted by atomic mass is 35.5. The third kappa shape index (κ3) is 7.28. The minimum absolute atomic E-state index is 0.0362. The number of nitrogens with one attached hydrogen (secondary N) is 1. The number of nitrogens with zero attached hydrogens (tertiary/aromatic N) is 1. The van der Waals surface area contributed by atoms with Crippen molar-refractivity contribution in [3.05, 3.63) is 97.3 Å². The van der Waals surface area contributed by atoms with Crippen LogP contribution in [0.1, 0.15) is 62.4 Å². The van der Waals surface area contributed by atoms with Gasteiger partial charge in [0.1, 0.15) is 24.7 Å². The zero-order valence-corrected chi connectivity index (χ0v) is 27.3. The lowest BCUT2D eigenvalue weighted by molar-refractivity contribution is -0.148. The summed E-state index contributed by atoms with van der Waals surface area (Å²) in [6, 6.07) is 13.9. The fraction of sp³-hybridized carbons (Fsp3) is 0.469. The summed E-state index contributed by atoms with van der Waals surface area (Å²) in [6.07, 6.45) is -0.686. The maximum atomic E-state index is 14.5. The number of H-pyrrole nitrogens is 1. The number of rotatable bonds is 12. The molecule has 13 heteroatoms. The first-order chi connectivity index (χ1) is 21.3. The molecule has 2 N–H and O–H groups in total. The number of aromatic amines is 1. The topological polar surface area (TPSA) is 146 Å². The number of esters is 1. The monoisotopic (exact) mass is 660 g/mol. The highest BCUT2D eigenvalue weighted by molar-refractivity contribution is 7.54. The second-order valence-corrected chi connectivity index (χ2v) is 14.6. The van der Waals surface area contributed by atoms with Crippen molar-refractivity contribution in [3.8, 4) is 5.75 Å². The van der Waals surface area contributed by atoms with Crippen molar-refractivity contribution >= 4 is 25.2 Å². The van der Waals surface area contributed by atoms with Crippen molar-refractivity contribution < 1.29 is 33.0 Å². The van der Waals surface area contributed by atoms with E-state index < -0.39 is 54.6 Å². The molecule has 242 valence electrons. The van der Waals surface area contributed by atoms with Gasteiger partial charge in [0.25, 0.3) is 5.56 Å². The van der Waals surface area contributed by atoms with Crippen molar-refractivity contribution in [1.82, 2.24) is 9.55 Å². The average Bonchev–Trinajstić information content (AvgIpc) is 3.75. The van der Waals surface area contributed by atoms with E-state index in [1.54, 1.807) is 26.0 Å². The minimum Gasteiger partial charge on any atom is -0.461 e. The predicted octanol–water partition coefficient (Wildman–Crippen LogP) is 5.33. The number of aliphatic hydroxyl groups is 1. The molecule has 11 nitrogen and oxygen atoms in total. The molecule has 2 fully saturated rings. The fourth-order valence-electron chi connectivity index (χ4n) is 5.60. The number of carbonyl (C=O) groups is 1. The number of ether oxygens (including phenoxy) is 2. The van der Waals surface area contributed by atoms with Gasteiger partial charge in [-0.3, -0.25) is 23.7 Å². The maximum Gasteiger partial charge on any atom is 0.380 e. The first-order valence-electron chi connectivity index (χ1n) is 14.9. The standard InChI is InChI=1S/C32H38ClN2O9P/c1-19(2)23-15-24(33)20(3)14-25(23)44-45(40,18-21(4)29(38)41-16-22-8-6-5-7-9-22)42-17-26-28(37)32(11-12-32)30(43-26)35-13-10-27(36)34-31(35)39/h5-10,13-15,19,21,26,28,30,37H,11-12,16-18H2,1-4H3,(H,34,36,39)/t21-,26-,28-,30-,45?/m1/s1. The van der Waals surface area contributed by atoms with Crippen molar-refractivity contribution in [1.29, 1.82) is 0 Å². The van der Waals surface area contributed by atoms with E-state index in [0.29, 0.717) is 34.7 Å². The van der Waals surface area contributed by atoms with Crippen LogP contribution < -0.4 is 15.8 Å². The summed E-state index contributed by atoms with van der Waals surface area (Å²) in [6.45, 7) is 6.98. The first-order valence-corrected chi connectivity index (χ1v) is 17.0. The maximum absolute atomic E-state index is 14.5. The molecule has 5 rings (SSSR count). The molecule has 0 amide bonds. The van der Waals surface area contributed by atoms with Gasteiger partial charge in [0.15, 0.2) is 0 Å². The molecule has 2 heterocycles. The van der Waals surface area contributed by atoms with Crippen molar-refractivity contribution in [2.24, 2.45) is 11.3 Å². The van der Waals surface area contributed by atoms with Gasteiger partial charge in [-0.1, -0.05) is 62.7 Å². The van der Waals surface area contributed by atoms with E-state index in [2.05, 4.69) is 4.98 Å². The molecular formula is C32H38ClN2O9P. The van der Waals surface area contributed by atoms with Crippen molar-refractivity contribution in [2.75, 3.05) is 12.8 Å². The molecule has 0 radical (unpaired) electrons. The van der Waals surface area contributed by atoms with E-state index in [1.807, 2.05) is 44.2 Å². The first kappa shape index (κ1) is 33.2. The Morgan fingerprint density at radius 3 is 2.53 bits per heavy atom. The average molecular weight is 661 g/mol. The van der Waals surface area contributed by atoms with Gasteiger partial charge in [-0.15, -0.1) is 0 Å². The van der Waals surface area contributed by atoms with Gasteiger partial charge in [0.05, 0.1) is 24.8 Å². The molecule has 45 heavy (non-hydrogen) atoms.